The summed E-state index contributed by atoms with van der Waals surface area (Å²) in [5.41, 5.74) is 11.2. The third-order valence-corrected chi connectivity index (χ3v) is 11.2. The summed E-state index contributed by atoms with van der Waals surface area (Å²) in [7, 11) is 0. The van der Waals surface area contributed by atoms with Crippen molar-refractivity contribution in [3.8, 4) is 45.5 Å². The van der Waals surface area contributed by atoms with Crippen LogP contribution in [0.3, 0.4) is 0 Å². The molecule has 0 radical (unpaired) electrons. The molecule has 0 spiro atoms. The molecule has 0 atom stereocenters. The summed E-state index contributed by atoms with van der Waals surface area (Å²) in [6, 6.07) is 65.6. The maximum atomic E-state index is 6.21. The first-order valence-electron chi connectivity index (χ1n) is 19.1. The van der Waals surface area contributed by atoms with Crippen LogP contribution >= 0.6 is 0 Å². The van der Waals surface area contributed by atoms with E-state index in [0.717, 1.165) is 82.7 Å². The molecule has 12 rings (SSSR count). The van der Waals surface area contributed by atoms with Crippen molar-refractivity contribution in [2.45, 2.75) is 0 Å². The topological polar surface area (TPSA) is 61.7 Å². The van der Waals surface area contributed by atoms with Crippen molar-refractivity contribution >= 4 is 65.6 Å². The van der Waals surface area contributed by atoms with Gasteiger partial charge in [-0.25, -0.2) is 4.98 Å². The zero-order chi connectivity index (χ0) is 37.5. The molecule has 6 heteroatoms. The monoisotopic (exact) mass is 729 g/mol. The Kier molecular flexibility index (Phi) is 6.83. The van der Waals surface area contributed by atoms with Gasteiger partial charge in [0.2, 0.25) is 5.95 Å². The average molecular weight is 730 g/mol. The van der Waals surface area contributed by atoms with Crippen LogP contribution in [0.15, 0.2) is 192 Å². The van der Waals surface area contributed by atoms with E-state index in [9.17, 15) is 0 Å². The summed E-state index contributed by atoms with van der Waals surface area (Å²) < 4.78 is 10.8. The van der Waals surface area contributed by atoms with Crippen molar-refractivity contribution in [3.63, 3.8) is 0 Å². The molecule has 0 amide bonds. The number of rotatable bonds is 5. The molecule has 0 saturated heterocycles. The van der Waals surface area contributed by atoms with E-state index in [1.165, 1.54) is 10.8 Å². The molecule has 57 heavy (non-hydrogen) atoms. The Morgan fingerprint density at radius 2 is 0.877 bits per heavy atom. The van der Waals surface area contributed by atoms with Gasteiger partial charge in [-0.1, -0.05) is 146 Å². The Balaban J connectivity index is 1.06. The molecule has 0 N–H and O–H groups in total. The molecular weight excluding hydrogens is 699 g/mol. The van der Waals surface area contributed by atoms with Crippen molar-refractivity contribution in [3.05, 3.63) is 188 Å². The highest BCUT2D eigenvalue weighted by molar-refractivity contribution is 6.13. The van der Waals surface area contributed by atoms with E-state index in [0.29, 0.717) is 17.6 Å². The normalized spacial score (nSPS) is 11.9. The van der Waals surface area contributed by atoms with Crippen LogP contribution < -0.4 is 0 Å². The first-order valence-corrected chi connectivity index (χ1v) is 19.1. The van der Waals surface area contributed by atoms with E-state index in [1.54, 1.807) is 0 Å². The lowest BCUT2D eigenvalue weighted by Crippen LogP contribution is -2.06. The van der Waals surface area contributed by atoms with Gasteiger partial charge >= 0.3 is 0 Å². The summed E-state index contributed by atoms with van der Waals surface area (Å²) in [5, 5.41) is 6.93. The van der Waals surface area contributed by atoms with Gasteiger partial charge in [-0.3, -0.25) is 4.57 Å². The van der Waals surface area contributed by atoms with E-state index in [-0.39, 0.29) is 0 Å². The fourth-order valence-electron chi connectivity index (χ4n) is 8.64. The standard InChI is InChI=1S/C51H31N5O/c1-2-13-33(14-3-1)49-52-50(34-27-25-32(26-28-34)36-19-12-24-47-48(36)41-18-7-11-23-46(41)57-47)54-51(53-49)56-44-22-10-6-17-39(44)40-30-29-35(31-45(40)56)55-42-20-8-4-15-37(42)38-16-5-9-21-43(38)55/h1-31H. The molecule has 0 bridgehead atoms. The molecule has 0 aliphatic carbocycles. The van der Waals surface area contributed by atoms with Crippen LogP contribution in [0.25, 0.3) is 111 Å². The van der Waals surface area contributed by atoms with E-state index >= 15 is 0 Å². The summed E-state index contributed by atoms with van der Waals surface area (Å²) in [6.07, 6.45) is 0. The second-order valence-corrected chi connectivity index (χ2v) is 14.4. The van der Waals surface area contributed by atoms with Gasteiger partial charge in [-0.2, -0.15) is 9.97 Å². The Hall–Kier alpha value is -7.83. The number of benzene rings is 8. The Bertz CT molecular complexity index is 3470. The quantitative estimate of drug-likeness (QED) is 0.177. The Morgan fingerprint density at radius 1 is 0.351 bits per heavy atom. The van der Waals surface area contributed by atoms with Gasteiger partial charge in [0, 0.05) is 49.1 Å². The molecule has 0 fully saturated rings. The number of hydrogen-bond donors (Lipinski definition) is 0. The zero-order valence-electron chi connectivity index (χ0n) is 30.5. The van der Waals surface area contributed by atoms with Gasteiger partial charge in [0.1, 0.15) is 11.2 Å². The lowest BCUT2D eigenvalue weighted by atomic mass is 9.98. The SMILES string of the molecule is c1ccc(-c2nc(-c3ccc(-c4cccc5oc6ccccc6c45)cc3)nc(-n3c4ccccc4c4ccc(-n5c6ccccc6c6ccccc65)cc43)n2)cc1. The third-order valence-electron chi connectivity index (χ3n) is 11.2. The van der Waals surface area contributed by atoms with Crippen LogP contribution in [-0.2, 0) is 0 Å². The van der Waals surface area contributed by atoms with Crippen LogP contribution in [0.5, 0.6) is 0 Å². The van der Waals surface area contributed by atoms with E-state index in [1.807, 2.05) is 48.5 Å². The molecule has 8 aromatic carbocycles. The van der Waals surface area contributed by atoms with Gasteiger partial charge < -0.3 is 8.98 Å². The lowest BCUT2D eigenvalue weighted by molar-refractivity contribution is 0.669. The second kappa shape index (κ2) is 12.3. The minimum absolute atomic E-state index is 0.558. The minimum Gasteiger partial charge on any atom is -0.456 e. The van der Waals surface area contributed by atoms with Crippen molar-refractivity contribution in [1.82, 2.24) is 24.1 Å². The smallest absolute Gasteiger partial charge is 0.238 e. The molecule has 12 aromatic rings. The number of fused-ring (bicyclic) bond motifs is 9. The molecule has 6 nitrogen and oxygen atoms in total. The first-order chi connectivity index (χ1) is 28.3. The lowest BCUT2D eigenvalue weighted by Gasteiger charge is -2.12. The molecule has 266 valence electrons. The zero-order valence-corrected chi connectivity index (χ0v) is 30.5. The van der Waals surface area contributed by atoms with E-state index < -0.39 is 0 Å². The second-order valence-electron chi connectivity index (χ2n) is 14.4. The predicted molar refractivity (Wildman–Crippen MR) is 232 cm³/mol. The number of nitrogens with zero attached hydrogens (tertiary/aromatic N) is 5. The van der Waals surface area contributed by atoms with Gasteiger partial charge in [0.05, 0.1) is 22.1 Å². The number of hydrogen-bond acceptors (Lipinski definition) is 4. The van der Waals surface area contributed by atoms with E-state index in [2.05, 4.69) is 149 Å². The highest BCUT2D eigenvalue weighted by Crippen LogP contribution is 2.39. The highest BCUT2D eigenvalue weighted by atomic mass is 16.3. The van der Waals surface area contributed by atoms with Gasteiger partial charge in [0.25, 0.3) is 0 Å². The van der Waals surface area contributed by atoms with E-state index in [4.69, 9.17) is 19.4 Å². The summed E-state index contributed by atoms with van der Waals surface area (Å²) in [6.45, 7) is 0. The maximum absolute atomic E-state index is 6.21. The number of para-hydroxylation sites is 4. The average Bonchev–Trinajstić information content (AvgIpc) is 3.94. The summed E-state index contributed by atoms with van der Waals surface area (Å²) in [4.78, 5) is 15.6. The first kappa shape index (κ1) is 31.5. The Morgan fingerprint density at radius 3 is 1.56 bits per heavy atom. The fraction of sp³-hybridized carbons (Fsp3) is 0. The molecule has 4 aromatic heterocycles. The third kappa shape index (κ3) is 4.87. The molecule has 0 saturated carbocycles. The van der Waals surface area contributed by atoms with Crippen LogP contribution in [0.4, 0.5) is 0 Å². The van der Waals surface area contributed by atoms with Crippen LogP contribution in [-0.4, -0.2) is 24.1 Å². The maximum Gasteiger partial charge on any atom is 0.238 e. The molecule has 0 aliphatic rings. The van der Waals surface area contributed by atoms with Gasteiger partial charge in [-0.15, -0.1) is 0 Å². The fourth-order valence-corrected chi connectivity index (χ4v) is 8.64. The van der Waals surface area contributed by atoms with Gasteiger partial charge in [-0.05, 0) is 53.6 Å². The van der Waals surface area contributed by atoms with Gasteiger partial charge in [0.15, 0.2) is 11.6 Å². The summed E-state index contributed by atoms with van der Waals surface area (Å²) >= 11 is 0. The molecular formula is C51H31N5O. The molecule has 4 heterocycles. The number of furan rings is 1. The van der Waals surface area contributed by atoms with Crippen molar-refractivity contribution in [2.75, 3.05) is 0 Å². The summed E-state index contributed by atoms with van der Waals surface area (Å²) in [5.74, 6) is 1.77. The Labute approximate surface area is 326 Å². The van der Waals surface area contributed by atoms with Crippen molar-refractivity contribution < 1.29 is 4.42 Å². The molecule has 0 unspecified atom stereocenters. The molecule has 0 aliphatic heterocycles. The van der Waals surface area contributed by atoms with Crippen LogP contribution in [0.1, 0.15) is 0 Å². The van der Waals surface area contributed by atoms with Crippen molar-refractivity contribution in [2.24, 2.45) is 0 Å². The minimum atomic E-state index is 0.558. The van der Waals surface area contributed by atoms with Crippen LogP contribution in [0.2, 0.25) is 0 Å². The predicted octanol–water partition coefficient (Wildman–Crippen LogP) is 13.0. The van der Waals surface area contributed by atoms with Crippen LogP contribution in [0, 0.1) is 0 Å². The largest absolute Gasteiger partial charge is 0.456 e. The van der Waals surface area contributed by atoms with Crippen molar-refractivity contribution in [1.29, 1.82) is 0 Å². The number of aromatic nitrogens is 5. The highest BCUT2D eigenvalue weighted by Gasteiger charge is 2.20.